The summed E-state index contributed by atoms with van der Waals surface area (Å²) in [6.45, 7) is -3.13. The zero-order valence-corrected chi connectivity index (χ0v) is 14.0. The highest BCUT2D eigenvalue weighted by Crippen LogP contribution is 2.20. The summed E-state index contributed by atoms with van der Waals surface area (Å²) in [5.41, 5.74) is 0.693. The second-order valence-corrected chi connectivity index (χ2v) is 5.50. The van der Waals surface area contributed by atoms with Crippen LogP contribution in [0.15, 0.2) is 48.5 Å². The smallest absolute Gasteiger partial charge is 0.387 e. The summed E-state index contributed by atoms with van der Waals surface area (Å²) >= 11 is 5.95. The van der Waals surface area contributed by atoms with E-state index >= 15 is 0 Å². The standard InChI is InChI=1S/C17H15ClF2N2O3/c1-22(10-15(23)21-14-5-3-2-4-13(14)18)16(24)11-6-8-12(9-7-11)25-17(19)20/h2-9,17H,10H2,1H3,(H,21,23). The fraction of sp³-hybridized carbons (Fsp3) is 0.176. The number of nitrogens with zero attached hydrogens (tertiary/aromatic N) is 1. The summed E-state index contributed by atoms with van der Waals surface area (Å²) in [5.74, 6) is -0.898. The lowest BCUT2D eigenvalue weighted by atomic mass is 10.2. The Kier molecular flexibility index (Phi) is 6.30. The number of nitrogens with one attached hydrogen (secondary N) is 1. The van der Waals surface area contributed by atoms with E-state index in [0.29, 0.717) is 10.7 Å². The summed E-state index contributed by atoms with van der Waals surface area (Å²) < 4.78 is 28.4. The van der Waals surface area contributed by atoms with Crippen molar-refractivity contribution in [3.05, 3.63) is 59.1 Å². The number of para-hydroxylation sites is 1. The van der Waals surface area contributed by atoms with E-state index in [9.17, 15) is 18.4 Å². The van der Waals surface area contributed by atoms with Crippen LogP contribution in [0.1, 0.15) is 10.4 Å². The molecule has 0 saturated heterocycles. The number of ether oxygens (including phenoxy) is 1. The van der Waals surface area contributed by atoms with E-state index in [4.69, 9.17) is 11.6 Å². The lowest BCUT2D eigenvalue weighted by Crippen LogP contribution is -2.34. The van der Waals surface area contributed by atoms with Crippen LogP contribution in [-0.4, -0.2) is 36.9 Å². The number of anilines is 1. The minimum absolute atomic E-state index is 0.0503. The van der Waals surface area contributed by atoms with Crippen molar-refractivity contribution >= 4 is 29.1 Å². The van der Waals surface area contributed by atoms with Crippen LogP contribution in [0.5, 0.6) is 5.75 Å². The molecule has 2 rings (SSSR count). The Bertz CT molecular complexity index is 754. The minimum atomic E-state index is -2.93. The molecule has 0 saturated carbocycles. The highest BCUT2D eigenvalue weighted by atomic mass is 35.5. The zero-order valence-electron chi connectivity index (χ0n) is 13.2. The number of hydrogen-bond acceptors (Lipinski definition) is 3. The lowest BCUT2D eigenvalue weighted by molar-refractivity contribution is -0.116. The first-order valence-corrected chi connectivity index (χ1v) is 7.59. The Balaban J connectivity index is 1.95. The van der Waals surface area contributed by atoms with Crippen molar-refractivity contribution in [2.75, 3.05) is 18.9 Å². The highest BCUT2D eigenvalue weighted by Gasteiger charge is 2.16. The Morgan fingerprint density at radius 3 is 2.40 bits per heavy atom. The van der Waals surface area contributed by atoms with Crippen molar-refractivity contribution in [3.63, 3.8) is 0 Å². The van der Waals surface area contributed by atoms with Gasteiger partial charge in [-0.15, -0.1) is 0 Å². The molecule has 0 spiro atoms. The van der Waals surface area contributed by atoms with E-state index in [1.165, 1.54) is 36.2 Å². The van der Waals surface area contributed by atoms with Crippen molar-refractivity contribution in [2.24, 2.45) is 0 Å². The maximum atomic E-state index is 12.3. The monoisotopic (exact) mass is 368 g/mol. The largest absolute Gasteiger partial charge is 0.435 e. The molecule has 0 atom stereocenters. The molecule has 1 N–H and O–H groups in total. The molecule has 0 unspecified atom stereocenters. The number of hydrogen-bond donors (Lipinski definition) is 1. The molecule has 0 aliphatic carbocycles. The SMILES string of the molecule is CN(CC(=O)Nc1ccccc1Cl)C(=O)c1ccc(OC(F)F)cc1. The van der Waals surface area contributed by atoms with Crippen molar-refractivity contribution in [1.82, 2.24) is 4.90 Å². The normalized spacial score (nSPS) is 10.4. The van der Waals surface area contributed by atoms with Crippen molar-refractivity contribution in [2.45, 2.75) is 6.61 Å². The van der Waals surface area contributed by atoms with Crippen LogP contribution in [-0.2, 0) is 4.79 Å². The molecule has 5 nitrogen and oxygen atoms in total. The highest BCUT2D eigenvalue weighted by molar-refractivity contribution is 6.33. The second kappa shape index (κ2) is 8.43. The minimum Gasteiger partial charge on any atom is -0.435 e. The molecule has 0 radical (unpaired) electrons. The molecular weight excluding hydrogens is 354 g/mol. The molecule has 0 heterocycles. The van der Waals surface area contributed by atoms with Gasteiger partial charge in [-0.2, -0.15) is 8.78 Å². The average molecular weight is 369 g/mol. The third-order valence-electron chi connectivity index (χ3n) is 3.20. The predicted molar refractivity (Wildman–Crippen MR) is 90.1 cm³/mol. The molecule has 0 aliphatic rings. The molecule has 2 amide bonds. The molecule has 0 bridgehead atoms. The molecule has 8 heteroatoms. The molecule has 2 aromatic rings. The number of amides is 2. The van der Waals surface area contributed by atoms with Gasteiger partial charge in [-0.3, -0.25) is 9.59 Å². The molecule has 2 aromatic carbocycles. The van der Waals surface area contributed by atoms with Crippen molar-refractivity contribution in [3.8, 4) is 5.75 Å². The number of likely N-dealkylation sites (N-methyl/N-ethyl adjacent to an activating group) is 1. The fourth-order valence-corrected chi connectivity index (χ4v) is 2.22. The van der Waals surface area contributed by atoms with Gasteiger partial charge in [0.1, 0.15) is 5.75 Å². The third kappa shape index (κ3) is 5.42. The molecule has 25 heavy (non-hydrogen) atoms. The van der Waals surface area contributed by atoms with Gasteiger partial charge in [0.2, 0.25) is 5.91 Å². The first kappa shape index (κ1) is 18.7. The van der Waals surface area contributed by atoms with Crippen LogP contribution in [0.3, 0.4) is 0 Å². The maximum Gasteiger partial charge on any atom is 0.387 e. The molecular formula is C17H15ClF2N2O3. The van der Waals surface area contributed by atoms with Crippen LogP contribution in [0, 0.1) is 0 Å². The fourth-order valence-electron chi connectivity index (χ4n) is 2.04. The van der Waals surface area contributed by atoms with Gasteiger partial charge in [-0.05, 0) is 36.4 Å². The van der Waals surface area contributed by atoms with Gasteiger partial charge in [-0.25, -0.2) is 0 Å². The molecule has 0 aromatic heterocycles. The van der Waals surface area contributed by atoms with E-state index in [0.717, 1.165) is 0 Å². The number of carbonyl (C=O) groups excluding carboxylic acids is 2. The second-order valence-electron chi connectivity index (χ2n) is 5.09. The number of alkyl halides is 2. The first-order chi connectivity index (χ1) is 11.9. The van der Waals surface area contributed by atoms with Crippen molar-refractivity contribution < 1.29 is 23.1 Å². The van der Waals surface area contributed by atoms with Crippen LogP contribution >= 0.6 is 11.6 Å². The van der Waals surface area contributed by atoms with Gasteiger partial charge in [0, 0.05) is 12.6 Å². The van der Waals surface area contributed by atoms with Crippen LogP contribution < -0.4 is 10.1 Å². The Morgan fingerprint density at radius 1 is 1.16 bits per heavy atom. The van der Waals surface area contributed by atoms with Gasteiger partial charge in [-0.1, -0.05) is 23.7 Å². The van der Waals surface area contributed by atoms with Gasteiger partial charge in [0.25, 0.3) is 5.91 Å². The summed E-state index contributed by atoms with van der Waals surface area (Å²) in [6, 6.07) is 12.0. The average Bonchev–Trinajstić information content (AvgIpc) is 2.56. The third-order valence-corrected chi connectivity index (χ3v) is 3.53. The summed E-state index contributed by atoms with van der Waals surface area (Å²) in [7, 11) is 1.46. The number of halogens is 3. The van der Waals surface area contributed by atoms with Gasteiger partial charge < -0.3 is 15.0 Å². The summed E-state index contributed by atoms with van der Waals surface area (Å²) in [4.78, 5) is 25.5. The first-order valence-electron chi connectivity index (χ1n) is 7.21. The van der Waals surface area contributed by atoms with E-state index in [1.54, 1.807) is 24.3 Å². The van der Waals surface area contributed by atoms with Crippen LogP contribution in [0.2, 0.25) is 5.02 Å². The molecule has 0 fully saturated rings. The number of benzene rings is 2. The maximum absolute atomic E-state index is 12.3. The van der Waals surface area contributed by atoms with Gasteiger partial charge in [0.05, 0.1) is 17.3 Å². The Labute approximate surface area is 148 Å². The van der Waals surface area contributed by atoms with Crippen LogP contribution in [0.25, 0.3) is 0 Å². The van der Waals surface area contributed by atoms with Crippen LogP contribution in [0.4, 0.5) is 14.5 Å². The summed E-state index contributed by atoms with van der Waals surface area (Å²) in [6.07, 6.45) is 0. The molecule has 132 valence electrons. The van der Waals surface area contributed by atoms with E-state index < -0.39 is 18.4 Å². The quantitative estimate of drug-likeness (QED) is 0.846. The Morgan fingerprint density at radius 2 is 1.80 bits per heavy atom. The molecule has 0 aliphatic heterocycles. The van der Waals surface area contributed by atoms with E-state index in [1.807, 2.05) is 0 Å². The van der Waals surface area contributed by atoms with Gasteiger partial charge >= 0.3 is 6.61 Å². The Hall–Kier alpha value is -2.67. The number of rotatable bonds is 6. The zero-order chi connectivity index (χ0) is 18.4. The van der Waals surface area contributed by atoms with E-state index in [2.05, 4.69) is 10.1 Å². The summed E-state index contributed by atoms with van der Waals surface area (Å²) in [5, 5.41) is 3.00. The van der Waals surface area contributed by atoms with Gasteiger partial charge in [0.15, 0.2) is 0 Å². The van der Waals surface area contributed by atoms with Crippen molar-refractivity contribution in [1.29, 1.82) is 0 Å². The van der Waals surface area contributed by atoms with E-state index in [-0.39, 0.29) is 17.9 Å². The number of carbonyl (C=O) groups is 2. The lowest BCUT2D eigenvalue weighted by Gasteiger charge is -2.17. The topological polar surface area (TPSA) is 58.6 Å². The predicted octanol–water partition coefficient (Wildman–Crippen LogP) is 3.65.